The highest BCUT2D eigenvalue weighted by molar-refractivity contribution is 7.10. The van der Waals surface area contributed by atoms with Gasteiger partial charge in [-0.3, -0.25) is 4.79 Å². The summed E-state index contributed by atoms with van der Waals surface area (Å²) in [5.41, 5.74) is 7.07. The second kappa shape index (κ2) is 5.41. The van der Waals surface area contributed by atoms with Crippen molar-refractivity contribution in [2.75, 3.05) is 13.1 Å². The van der Waals surface area contributed by atoms with E-state index in [9.17, 15) is 4.79 Å². The van der Waals surface area contributed by atoms with Crippen LogP contribution in [0.1, 0.15) is 37.3 Å². The lowest BCUT2D eigenvalue weighted by molar-refractivity contribution is -0.139. The van der Waals surface area contributed by atoms with Crippen LogP contribution in [-0.4, -0.2) is 23.9 Å². The zero-order chi connectivity index (χ0) is 13.3. The molecule has 2 rings (SSSR count). The molecule has 1 aromatic rings. The monoisotopic (exact) mass is 266 g/mol. The molecule has 3 nitrogen and oxygen atoms in total. The van der Waals surface area contributed by atoms with Crippen LogP contribution in [-0.2, 0) is 11.2 Å². The first-order valence-corrected chi connectivity index (χ1v) is 7.51. The summed E-state index contributed by atoms with van der Waals surface area (Å²) in [7, 11) is 0. The predicted molar refractivity (Wildman–Crippen MR) is 75.5 cm³/mol. The highest BCUT2D eigenvalue weighted by Crippen LogP contribution is 2.34. The summed E-state index contributed by atoms with van der Waals surface area (Å²) in [6.07, 6.45) is 0.985. The molecule has 0 spiro atoms. The minimum absolute atomic E-state index is 0.0485. The van der Waals surface area contributed by atoms with E-state index in [1.165, 1.54) is 10.4 Å². The molecule has 0 aromatic carbocycles. The van der Waals surface area contributed by atoms with Gasteiger partial charge in [0.1, 0.15) is 0 Å². The van der Waals surface area contributed by atoms with Gasteiger partial charge in [0.05, 0.1) is 12.0 Å². The van der Waals surface area contributed by atoms with E-state index in [0.717, 1.165) is 13.0 Å². The van der Waals surface area contributed by atoms with Crippen LogP contribution in [0.2, 0.25) is 0 Å². The van der Waals surface area contributed by atoms with Gasteiger partial charge in [-0.25, -0.2) is 0 Å². The van der Waals surface area contributed by atoms with Crippen molar-refractivity contribution >= 4 is 17.2 Å². The van der Waals surface area contributed by atoms with Gasteiger partial charge in [0.2, 0.25) is 5.91 Å². The Morgan fingerprint density at radius 2 is 2.33 bits per heavy atom. The minimum Gasteiger partial charge on any atom is -0.335 e. The van der Waals surface area contributed by atoms with Gasteiger partial charge in [0.15, 0.2) is 0 Å². The second-order valence-electron chi connectivity index (χ2n) is 5.34. The Labute approximate surface area is 113 Å². The number of nitrogens with two attached hydrogens (primary N) is 1. The number of amides is 1. The Morgan fingerprint density at radius 1 is 1.61 bits per heavy atom. The molecule has 0 saturated carbocycles. The van der Waals surface area contributed by atoms with Gasteiger partial charge < -0.3 is 10.6 Å². The Balaban J connectivity index is 2.18. The van der Waals surface area contributed by atoms with Crippen LogP contribution in [0.25, 0.3) is 0 Å². The largest absolute Gasteiger partial charge is 0.335 e. The summed E-state index contributed by atoms with van der Waals surface area (Å²) in [6, 6.07) is 2.34. The molecule has 2 N–H and O–H groups in total. The first kappa shape index (κ1) is 13.6. The second-order valence-corrected chi connectivity index (χ2v) is 6.34. The Morgan fingerprint density at radius 3 is 2.94 bits per heavy atom. The van der Waals surface area contributed by atoms with Crippen LogP contribution >= 0.6 is 11.3 Å². The molecule has 100 valence electrons. The molecule has 4 heteroatoms. The van der Waals surface area contributed by atoms with Crippen molar-refractivity contribution in [3.8, 4) is 0 Å². The molecule has 1 aliphatic rings. The zero-order valence-corrected chi connectivity index (χ0v) is 12.2. The third-order valence-corrected chi connectivity index (χ3v) is 4.93. The van der Waals surface area contributed by atoms with E-state index < -0.39 is 0 Å². The molecular formula is C14H22N2OS. The molecule has 18 heavy (non-hydrogen) atoms. The van der Waals surface area contributed by atoms with Gasteiger partial charge in [0.25, 0.3) is 0 Å². The molecule has 2 unspecified atom stereocenters. The lowest BCUT2D eigenvalue weighted by Crippen LogP contribution is -2.45. The van der Waals surface area contributed by atoms with Crippen LogP contribution in [0, 0.1) is 11.8 Å². The van der Waals surface area contributed by atoms with Gasteiger partial charge in [-0.1, -0.05) is 13.8 Å². The highest BCUT2D eigenvalue weighted by atomic mass is 32.1. The number of hydrogen-bond donors (Lipinski definition) is 1. The van der Waals surface area contributed by atoms with E-state index in [4.69, 9.17) is 5.73 Å². The molecule has 1 aromatic heterocycles. The van der Waals surface area contributed by atoms with Crippen molar-refractivity contribution in [2.45, 2.75) is 33.2 Å². The topological polar surface area (TPSA) is 46.3 Å². The average molecular weight is 266 g/mol. The molecule has 0 bridgehead atoms. The third-order valence-electron chi connectivity index (χ3n) is 3.94. The van der Waals surface area contributed by atoms with Gasteiger partial charge >= 0.3 is 0 Å². The van der Waals surface area contributed by atoms with Gasteiger partial charge in [-0.15, -0.1) is 11.3 Å². The Kier molecular flexibility index (Phi) is 4.07. The fourth-order valence-electron chi connectivity index (χ4n) is 2.68. The van der Waals surface area contributed by atoms with Crippen LogP contribution < -0.4 is 5.73 Å². The van der Waals surface area contributed by atoms with E-state index in [0.29, 0.717) is 12.5 Å². The van der Waals surface area contributed by atoms with Crippen molar-refractivity contribution in [3.63, 3.8) is 0 Å². The Hall–Kier alpha value is -0.870. The molecular weight excluding hydrogens is 244 g/mol. The van der Waals surface area contributed by atoms with Crippen molar-refractivity contribution in [2.24, 2.45) is 17.6 Å². The number of carbonyl (C=O) groups is 1. The molecule has 0 fully saturated rings. The summed E-state index contributed by atoms with van der Waals surface area (Å²) in [5, 5.41) is 2.12. The number of rotatable bonds is 3. The van der Waals surface area contributed by atoms with Crippen molar-refractivity contribution in [1.82, 2.24) is 4.90 Å². The fourth-order valence-corrected chi connectivity index (χ4v) is 3.64. The maximum Gasteiger partial charge on any atom is 0.227 e. The van der Waals surface area contributed by atoms with E-state index in [-0.39, 0.29) is 17.9 Å². The van der Waals surface area contributed by atoms with Crippen LogP contribution in [0.3, 0.4) is 0 Å². The highest BCUT2D eigenvalue weighted by Gasteiger charge is 2.32. The molecule has 1 amide bonds. The number of thiophene rings is 1. The van der Waals surface area contributed by atoms with Crippen LogP contribution in [0.4, 0.5) is 0 Å². The third kappa shape index (κ3) is 2.31. The number of nitrogens with zero attached hydrogens (tertiary/aromatic N) is 1. The molecule has 2 heterocycles. The minimum atomic E-state index is -0.0485. The molecule has 1 aliphatic heterocycles. The average Bonchev–Trinajstić information content (AvgIpc) is 2.78. The normalized spacial score (nSPS) is 20.9. The molecule has 2 atom stereocenters. The van der Waals surface area contributed by atoms with Gasteiger partial charge in [0, 0.05) is 18.0 Å². The SMILES string of the molecule is CC(C)C(CN)C(=O)N1CCc2sccc2C1C. The zero-order valence-electron chi connectivity index (χ0n) is 11.3. The number of fused-ring (bicyclic) bond motifs is 1. The van der Waals surface area contributed by atoms with Crippen molar-refractivity contribution in [3.05, 3.63) is 21.9 Å². The number of hydrogen-bond acceptors (Lipinski definition) is 3. The predicted octanol–water partition coefficient (Wildman–Crippen LogP) is 2.42. The maximum atomic E-state index is 12.6. The van der Waals surface area contributed by atoms with E-state index in [2.05, 4.69) is 32.2 Å². The standard InChI is InChI=1S/C14H22N2OS/c1-9(2)12(8-15)14(17)16-6-4-13-11(10(16)3)5-7-18-13/h5,7,9-10,12H,4,6,8,15H2,1-3H3. The summed E-state index contributed by atoms with van der Waals surface area (Å²) < 4.78 is 0. The summed E-state index contributed by atoms with van der Waals surface area (Å²) in [6.45, 7) is 7.53. The smallest absolute Gasteiger partial charge is 0.227 e. The van der Waals surface area contributed by atoms with Crippen molar-refractivity contribution < 1.29 is 4.79 Å². The quantitative estimate of drug-likeness (QED) is 0.913. The van der Waals surface area contributed by atoms with Gasteiger partial charge in [-0.05, 0) is 36.3 Å². The first-order chi connectivity index (χ1) is 8.56. The van der Waals surface area contributed by atoms with Crippen molar-refractivity contribution in [1.29, 1.82) is 0 Å². The number of carbonyl (C=O) groups excluding carboxylic acids is 1. The van der Waals surface area contributed by atoms with Crippen LogP contribution in [0.15, 0.2) is 11.4 Å². The molecule has 0 aliphatic carbocycles. The first-order valence-electron chi connectivity index (χ1n) is 6.63. The lowest BCUT2D eigenvalue weighted by atomic mass is 9.92. The van der Waals surface area contributed by atoms with Crippen LogP contribution in [0.5, 0.6) is 0 Å². The lowest BCUT2D eigenvalue weighted by Gasteiger charge is -2.36. The fraction of sp³-hybridized carbons (Fsp3) is 0.643. The molecule has 0 radical (unpaired) electrons. The summed E-state index contributed by atoms with van der Waals surface area (Å²) in [4.78, 5) is 16.0. The maximum absolute atomic E-state index is 12.6. The summed E-state index contributed by atoms with van der Waals surface area (Å²) in [5.74, 6) is 0.475. The summed E-state index contributed by atoms with van der Waals surface area (Å²) >= 11 is 1.80. The van der Waals surface area contributed by atoms with E-state index in [1.807, 2.05) is 4.90 Å². The van der Waals surface area contributed by atoms with Gasteiger partial charge in [-0.2, -0.15) is 0 Å². The van der Waals surface area contributed by atoms with E-state index in [1.54, 1.807) is 11.3 Å². The Bertz CT molecular complexity index is 427. The van der Waals surface area contributed by atoms with E-state index >= 15 is 0 Å². The molecule has 0 saturated heterocycles.